The van der Waals surface area contributed by atoms with E-state index in [2.05, 4.69) is 4.98 Å². The van der Waals surface area contributed by atoms with Gasteiger partial charge in [-0.1, -0.05) is 0 Å². The van der Waals surface area contributed by atoms with Crippen molar-refractivity contribution in [2.75, 3.05) is 7.11 Å². The van der Waals surface area contributed by atoms with E-state index in [0.717, 1.165) is 12.0 Å². The summed E-state index contributed by atoms with van der Waals surface area (Å²) in [5.74, 6) is 0.730. The van der Waals surface area contributed by atoms with Crippen molar-refractivity contribution in [3.05, 3.63) is 23.9 Å². The molecule has 0 spiro atoms. The molecule has 2 unspecified atom stereocenters. The molecule has 2 atom stereocenters. The van der Waals surface area contributed by atoms with E-state index in [1.165, 1.54) is 0 Å². The number of piperidine rings is 1. The zero-order chi connectivity index (χ0) is 14.0. The molecule has 1 aliphatic heterocycles. The molecule has 1 amide bonds. The lowest BCUT2D eigenvalue weighted by atomic mass is 9.90. The lowest BCUT2D eigenvalue weighted by molar-refractivity contribution is -0.139. The summed E-state index contributed by atoms with van der Waals surface area (Å²) in [5, 5.41) is 0. The number of nitrogens with zero attached hydrogens (tertiary/aromatic N) is 2. The van der Waals surface area contributed by atoms with Gasteiger partial charge in [0.2, 0.25) is 11.8 Å². The number of ether oxygens (including phenoxy) is 1. The fourth-order valence-corrected chi connectivity index (χ4v) is 2.64. The summed E-state index contributed by atoms with van der Waals surface area (Å²) in [4.78, 5) is 18.2. The van der Waals surface area contributed by atoms with Crippen molar-refractivity contribution < 1.29 is 9.53 Å². The number of pyridine rings is 1. The van der Waals surface area contributed by atoms with Gasteiger partial charge in [0.15, 0.2) is 0 Å². The summed E-state index contributed by atoms with van der Waals surface area (Å²) in [6.07, 6.45) is 3.00. The zero-order valence-corrected chi connectivity index (χ0v) is 11.7. The number of nitrogens with two attached hydrogens (primary N) is 1. The predicted molar refractivity (Wildman–Crippen MR) is 72.7 cm³/mol. The van der Waals surface area contributed by atoms with Crippen LogP contribution in [0, 0.1) is 0 Å². The quantitative estimate of drug-likeness (QED) is 0.897. The maximum atomic E-state index is 12.1. The molecule has 2 rings (SSSR count). The SMILES string of the molecule is COc1ccc(C2C(N)CCC(=O)N2C(C)C)cn1. The molecule has 5 heteroatoms. The van der Waals surface area contributed by atoms with E-state index in [0.29, 0.717) is 12.3 Å². The largest absolute Gasteiger partial charge is 0.481 e. The van der Waals surface area contributed by atoms with Crippen LogP contribution < -0.4 is 10.5 Å². The van der Waals surface area contributed by atoms with Gasteiger partial charge in [-0.3, -0.25) is 4.79 Å². The molecule has 0 aliphatic carbocycles. The van der Waals surface area contributed by atoms with E-state index in [4.69, 9.17) is 10.5 Å². The number of carbonyl (C=O) groups is 1. The Balaban J connectivity index is 2.33. The number of rotatable bonds is 3. The standard InChI is InChI=1S/C14H21N3O2/c1-9(2)17-13(18)7-5-11(15)14(17)10-4-6-12(19-3)16-8-10/h4,6,8-9,11,14H,5,7,15H2,1-3H3. The van der Waals surface area contributed by atoms with Crippen molar-refractivity contribution in [1.29, 1.82) is 0 Å². The zero-order valence-electron chi connectivity index (χ0n) is 11.7. The van der Waals surface area contributed by atoms with Gasteiger partial charge in [0, 0.05) is 30.8 Å². The molecule has 0 radical (unpaired) electrons. The van der Waals surface area contributed by atoms with Crippen LogP contribution in [0.15, 0.2) is 18.3 Å². The number of aromatic nitrogens is 1. The first-order chi connectivity index (χ1) is 9.04. The third kappa shape index (κ3) is 2.71. The molecule has 0 bridgehead atoms. The summed E-state index contributed by atoms with van der Waals surface area (Å²) >= 11 is 0. The topological polar surface area (TPSA) is 68.5 Å². The van der Waals surface area contributed by atoms with Crippen molar-refractivity contribution >= 4 is 5.91 Å². The molecule has 1 fully saturated rings. The number of hydrogen-bond donors (Lipinski definition) is 1. The summed E-state index contributed by atoms with van der Waals surface area (Å²) in [6.45, 7) is 4.03. The molecule has 1 saturated heterocycles. The number of hydrogen-bond acceptors (Lipinski definition) is 4. The van der Waals surface area contributed by atoms with Crippen LogP contribution >= 0.6 is 0 Å². The Kier molecular flexibility index (Phi) is 4.04. The second-order valence-corrected chi connectivity index (χ2v) is 5.18. The lowest BCUT2D eigenvalue weighted by Gasteiger charge is -2.42. The van der Waals surface area contributed by atoms with Gasteiger partial charge in [-0.25, -0.2) is 4.98 Å². The molecule has 1 aromatic rings. The Bertz CT molecular complexity index is 445. The molecule has 2 heterocycles. The van der Waals surface area contributed by atoms with Crippen LogP contribution in [0.5, 0.6) is 5.88 Å². The predicted octanol–water partition coefficient (Wildman–Crippen LogP) is 1.49. The first kappa shape index (κ1) is 13.8. The molecule has 1 aliphatic rings. The average Bonchev–Trinajstić information content (AvgIpc) is 2.41. The van der Waals surface area contributed by atoms with Gasteiger partial charge in [-0.15, -0.1) is 0 Å². The Morgan fingerprint density at radius 2 is 2.21 bits per heavy atom. The average molecular weight is 263 g/mol. The van der Waals surface area contributed by atoms with E-state index in [-0.39, 0.29) is 24.0 Å². The highest BCUT2D eigenvalue weighted by atomic mass is 16.5. The van der Waals surface area contributed by atoms with E-state index in [1.54, 1.807) is 19.4 Å². The van der Waals surface area contributed by atoms with Gasteiger partial charge in [-0.2, -0.15) is 0 Å². The number of methoxy groups -OCH3 is 1. The summed E-state index contributed by atoms with van der Waals surface area (Å²) in [6, 6.07) is 3.73. The first-order valence-electron chi connectivity index (χ1n) is 6.61. The highest BCUT2D eigenvalue weighted by Gasteiger charge is 2.36. The summed E-state index contributed by atoms with van der Waals surface area (Å²) in [5.41, 5.74) is 7.19. The van der Waals surface area contributed by atoms with Gasteiger partial charge in [0.1, 0.15) is 0 Å². The molecule has 5 nitrogen and oxygen atoms in total. The molecule has 0 saturated carbocycles. The highest BCUT2D eigenvalue weighted by molar-refractivity contribution is 5.78. The molecule has 19 heavy (non-hydrogen) atoms. The van der Waals surface area contributed by atoms with Crippen LogP contribution in [0.1, 0.15) is 38.3 Å². The lowest BCUT2D eigenvalue weighted by Crippen LogP contribution is -2.51. The Labute approximate surface area is 113 Å². The van der Waals surface area contributed by atoms with E-state index in [1.807, 2.05) is 24.8 Å². The fourth-order valence-electron chi connectivity index (χ4n) is 2.64. The van der Waals surface area contributed by atoms with Crippen molar-refractivity contribution in [2.24, 2.45) is 5.73 Å². The first-order valence-corrected chi connectivity index (χ1v) is 6.61. The van der Waals surface area contributed by atoms with E-state index < -0.39 is 0 Å². The molecule has 1 aromatic heterocycles. The third-order valence-corrected chi connectivity index (χ3v) is 3.55. The smallest absolute Gasteiger partial charge is 0.223 e. The fraction of sp³-hybridized carbons (Fsp3) is 0.571. The van der Waals surface area contributed by atoms with Crippen molar-refractivity contribution in [2.45, 2.75) is 44.8 Å². The normalized spacial score (nSPS) is 23.8. The van der Waals surface area contributed by atoms with Gasteiger partial charge in [0.25, 0.3) is 0 Å². The Hall–Kier alpha value is -1.62. The van der Waals surface area contributed by atoms with Gasteiger partial charge in [0.05, 0.1) is 13.2 Å². The summed E-state index contributed by atoms with van der Waals surface area (Å²) < 4.78 is 5.06. The maximum absolute atomic E-state index is 12.1. The second kappa shape index (κ2) is 5.57. The number of carbonyl (C=O) groups excluding carboxylic acids is 1. The summed E-state index contributed by atoms with van der Waals surface area (Å²) in [7, 11) is 1.58. The van der Waals surface area contributed by atoms with Crippen molar-refractivity contribution in [1.82, 2.24) is 9.88 Å². The molecular weight excluding hydrogens is 242 g/mol. The van der Waals surface area contributed by atoms with Gasteiger partial charge in [-0.05, 0) is 31.9 Å². The van der Waals surface area contributed by atoms with Crippen LogP contribution in [-0.4, -0.2) is 35.0 Å². The monoisotopic (exact) mass is 263 g/mol. The minimum absolute atomic E-state index is 0.0460. The Morgan fingerprint density at radius 3 is 2.74 bits per heavy atom. The molecular formula is C14H21N3O2. The van der Waals surface area contributed by atoms with Crippen molar-refractivity contribution in [3.63, 3.8) is 0 Å². The second-order valence-electron chi connectivity index (χ2n) is 5.18. The maximum Gasteiger partial charge on any atom is 0.223 e. The number of likely N-dealkylation sites (tertiary alicyclic amines) is 1. The third-order valence-electron chi connectivity index (χ3n) is 3.55. The minimum atomic E-state index is -0.0975. The highest BCUT2D eigenvalue weighted by Crippen LogP contribution is 2.32. The van der Waals surface area contributed by atoms with E-state index >= 15 is 0 Å². The van der Waals surface area contributed by atoms with E-state index in [9.17, 15) is 4.79 Å². The molecule has 104 valence electrons. The van der Waals surface area contributed by atoms with Gasteiger partial charge < -0.3 is 15.4 Å². The van der Waals surface area contributed by atoms with Crippen LogP contribution in [0.4, 0.5) is 0 Å². The van der Waals surface area contributed by atoms with Crippen LogP contribution in [0.2, 0.25) is 0 Å². The Morgan fingerprint density at radius 1 is 1.47 bits per heavy atom. The van der Waals surface area contributed by atoms with Gasteiger partial charge >= 0.3 is 0 Å². The van der Waals surface area contributed by atoms with Crippen LogP contribution in [-0.2, 0) is 4.79 Å². The van der Waals surface area contributed by atoms with Crippen LogP contribution in [0.3, 0.4) is 0 Å². The minimum Gasteiger partial charge on any atom is -0.481 e. The van der Waals surface area contributed by atoms with Crippen molar-refractivity contribution in [3.8, 4) is 5.88 Å². The molecule has 2 N–H and O–H groups in total. The van der Waals surface area contributed by atoms with Crippen LogP contribution in [0.25, 0.3) is 0 Å². The number of amides is 1. The molecule has 0 aromatic carbocycles.